The number of hydrogen-bond acceptors (Lipinski definition) is 7. The summed E-state index contributed by atoms with van der Waals surface area (Å²) < 4.78 is 13.7. The van der Waals surface area contributed by atoms with Crippen LogP contribution in [0.4, 0.5) is 0 Å². The monoisotopic (exact) mass is 460 g/mol. The van der Waals surface area contributed by atoms with Crippen LogP contribution in [0, 0.1) is 5.92 Å². The summed E-state index contributed by atoms with van der Waals surface area (Å²) in [5, 5.41) is 19.3. The number of aliphatic hydroxyl groups excluding tert-OH is 1. The Labute approximate surface area is 194 Å². The van der Waals surface area contributed by atoms with Gasteiger partial charge in [-0.3, -0.25) is 4.90 Å². The van der Waals surface area contributed by atoms with Crippen molar-refractivity contribution in [2.45, 2.75) is 83.2 Å². The van der Waals surface area contributed by atoms with E-state index in [9.17, 15) is 5.11 Å². The van der Waals surface area contributed by atoms with Crippen molar-refractivity contribution in [1.29, 1.82) is 0 Å². The number of aliphatic hydroxyl groups is 1. The van der Waals surface area contributed by atoms with E-state index in [0.29, 0.717) is 18.5 Å². The molecule has 0 radical (unpaired) electrons. The maximum absolute atomic E-state index is 10.6. The van der Waals surface area contributed by atoms with Crippen LogP contribution >= 0.6 is 11.3 Å². The van der Waals surface area contributed by atoms with Gasteiger partial charge in [0.05, 0.1) is 30.6 Å². The van der Waals surface area contributed by atoms with Crippen LogP contribution in [0.5, 0.6) is 0 Å². The van der Waals surface area contributed by atoms with Gasteiger partial charge in [0.1, 0.15) is 0 Å². The van der Waals surface area contributed by atoms with Crippen molar-refractivity contribution in [3.8, 4) is 0 Å². The van der Waals surface area contributed by atoms with Crippen molar-refractivity contribution in [1.82, 2.24) is 19.9 Å². The Morgan fingerprint density at radius 1 is 1.31 bits per heavy atom. The standard InChI is InChI=1S/C24H36N4O3S/c1-3-20-12-21-23(32-20)6-11-31-24(21)7-8-27(17(2)13-24)14-19-15-28(26-25-19)16-22(29)18-4-9-30-10-5-18/h12,15,17-18,22,29H,3-11,13-14,16H2,1-2H3/t17-,22?,24+/m0/s1. The van der Waals surface area contributed by atoms with Gasteiger partial charge in [0.15, 0.2) is 0 Å². The predicted octanol–water partition coefficient (Wildman–Crippen LogP) is 3.14. The third-order valence-corrected chi connectivity index (χ3v) is 8.93. The first-order chi connectivity index (χ1) is 15.6. The number of thiophene rings is 1. The molecule has 0 amide bonds. The number of nitrogens with zero attached hydrogens (tertiary/aromatic N) is 4. The highest BCUT2D eigenvalue weighted by atomic mass is 32.1. The van der Waals surface area contributed by atoms with Crippen LogP contribution in [-0.4, -0.2) is 63.5 Å². The SMILES string of the molecule is CCc1cc2c(s1)CCO[C@@]21CCN(Cc2cn(CC(O)C3CCOCC3)nn2)[C@@H](C)C1. The van der Waals surface area contributed by atoms with Gasteiger partial charge in [-0.25, -0.2) is 4.68 Å². The molecule has 0 aliphatic carbocycles. The first kappa shape index (κ1) is 22.5. The van der Waals surface area contributed by atoms with Crippen LogP contribution in [-0.2, 0) is 41.0 Å². The van der Waals surface area contributed by atoms with E-state index in [1.165, 1.54) is 10.4 Å². The molecule has 0 saturated carbocycles. The van der Waals surface area contributed by atoms with Gasteiger partial charge in [0.25, 0.3) is 0 Å². The van der Waals surface area contributed by atoms with Crippen molar-refractivity contribution >= 4 is 11.3 Å². The van der Waals surface area contributed by atoms with Crippen LogP contribution < -0.4 is 0 Å². The number of hydrogen-bond donors (Lipinski definition) is 1. The molecule has 8 heteroatoms. The molecule has 1 N–H and O–H groups in total. The van der Waals surface area contributed by atoms with Gasteiger partial charge >= 0.3 is 0 Å². The summed E-state index contributed by atoms with van der Waals surface area (Å²) >= 11 is 1.98. The van der Waals surface area contributed by atoms with Crippen molar-refractivity contribution in [2.75, 3.05) is 26.4 Å². The largest absolute Gasteiger partial charge is 0.391 e. The first-order valence-corrected chi connectivity index (χ1v) is 13.0. The Balaban J connectivity index is 1.20. The molecule has 1 unspecified atom stereocenters. The number of likely N-dealkylation sites (tertiary alicyclic amines) is 1. The molecule has 2 aromatic heterocycles. The minimum Gasteiger partial charge on any atom is -0.391 e. The second-order valence-electron chi connectivity index (χ2n) is 9.72. The Bertz CT molecular complexity index is 909. The molecule has 32 heavy (non-hydrogen) atoms. The highest BCUT2D eigenvalue weighted by molar-refractivity contribution is 7.12. The van der Waals surface area contributed by atoms with Crippen molar-refractivity contribution in [3.63, 3.8) is 0 Å². The van der Waals surface area contributed by atoms with Crippen LogP contribution in [0.2, 0.25) is 0 Å². The molecule has 3 atom stereocenters. The number of rotatable bonds is 6. The molecule has 3 aliphatic heterocycles. The maximum atomic E-state index is 10.6. The van der Waals surface area contributed by atoms with E-state index < -0.39 is 6.10 Å². The molecule has 5 rings (SSSR count). The van der Waals surface area contributed by atoms with Crippen LogP contribution in [0.25, 0.3) is 0 Å². The smallest absolute Gasteiger partial charge is 0.0969 e. The van der Waals surface area contributed by atoms with E-state index in [2.05, 4.69) is 35.1 Å². The molecule has 3 aliphatic rings. The lowest BCUT2D eigenvalue weighted by Gasteiger charge is -2.47. The Hall–Kier alpha value is -1.32. The molecule has 2 saturated heterocycles. The van der Waals surface area contributed by atoms with Crippen molar-refractivity contribution in [3.05, 3.63) is 33.3 Å². The quantitative estimate of drug-likeness (QED) is 0.714. The van der Waals surface area contributed by atoms with Crippen molar-refractivity contribution < 1.29 is 14.6 Å². The number of piperidine rings is 1. The van der Waals surface area contributed by atoms with Gasteiger partial charge in [-0.05, 0) is 56.6 Å². The number of aromatic nitrogens is 3. The van der Waals surface area contributed by atoms with E-state index in [1.807, 2.05) is 17.5 Å². The van der Waals surface area contributed by atoms with Crippen LogP contribution in [0.1, 0.15) is 60.5 Å². The summed E-state index contributed by atoms with van der Waals surface area (Å²) in [4.78, 5) is 5.52. The third kappa shape index (κ3) is 4.53. The van der Waals surface area contributed by atoms with Gasteiger partial charge in [-0.2, -0.15) is 0 Å². The maximum Gasteiger partial charge on any atom is 0.0969 e. The second kappa shape index (κ2) is 9.50. The van der Waals surface area contributed by atoms with E-state index in [1.54, 1.807) is 9.56 Å². The minimum atomic E-state index is -0.390. The van der Waals surface area contributed by atoms with Gasteiger partial charge in [0, 0.05) is 54.7 Å². The highest BCUT2D eigenvalue weighted by Crippen LogP contribution is 2.46. The molecule has 2 aromatic rings. The number of fused-ring (bicyclic) bond motifs is 2. The average molecular weight is 461 g/mol. The predicted molar refractivity (Wildman–Crippen MR) is 124 cm³/mol. The van der Waals surface area contributed by atoms with Gasteiger partial charge in [0.2, 0.25) is 0 Å². The molecule has 1 spiro atoms. The van der Waals surface area contributed by atoms with E-state index >= 15 is 0 Å². The van der Waals surface area contributed by atoms with Gasteiger partial charge < -0.3 is 14.6 Å². The van der Waals surface area contributed by atoms with E-state index in [-0.39, 0.29) is 5.60 Å². The number of aryl methyl sites for hydroxylation is 1. The molecule has 2 fully saturated rings. The fraction of sp³-hybridized carbons (Fsp3) is 0.750. The summed E-state index contributed by atoms with van der Waals surface area (Å²) in [6, 6.07) is 2.83. The fourth-order valence-electron chi connectivity index (χ4n) is 5.66. The van der Waals surface area contributed by atoms with Gasteiger partial charge in [-0.1, -0.05) is 12.1 Å². The van der Waals surface area contributed by atoms with Gasteiger partial charge in [-0.15, -0.1) is 16.4 Å². The van der Waals surface area contributed by atoms with E-state index in [4.69, 9.17) is 9.47 Å². The Morgan fingerprint density at radius 2 is 2.16 bits per heavy atom. The molecule has 0 bridgehead atoms. The highest BCUT2D eigenvalue weighted by Gasteiger charge is 2.44. The summed E-state index contributed by atoms with van der Waals surface area (Å²) in [7, 11) is 0. The Morgan fingerprint density at radius 3 is 2.94 bits per heavy atom. The lowest BCUT2D eigenvalue weighted by molar-refractivity contribution is -0.112. The second-order valence-corrected chi connectivity index (χ2v) is 10.9. The molecule has 5 heterocycles. The molecular formula is C24H36N4O3S. The zero-order valence-electron chi connectivity index (χ0n) is 19.3. The third-order valence-electron chi connectivity index (χ3n) is 7.59. The zero-order valence-corrected chi connectivity index (χ0v) is 20.1. The lowest BCUT2D eigenvalue weighted by atomic mass is 9.79. The lowest BCUT2D eigenvalue weighted by Crippen LogP contribution is -2.50. The van der Waals surface area contributed by atoms with Crippen LogP contribution in [0.3, 0.4) is 0 Å². The number of ether oxygens (including phenoxy) is 2. The molecular weight excluding hydrogens is 424 g/mol. The summed E-state index contributed by atoms with van der Waals surface area (Å²) in [6.07, 6.45) is 7.67. The molecule has 0 aromatic carbocycles. The summed E-state index contributed by atoms with van der Waals surface area (Å²) in [6.45, 7) is 9.18. The first-order valence-electron chi connectivity index (χ1n) is 12.2. The summed E-state index contributed by atoms with van der Waals surface area (Å²) in [5.74, 6) is 0.292. The topological polar surface area (TPSA) is 72.6 Å². The minimum absolute atomic E-state index is 0.112. The van der Waals surface area contributed by atoms with Crippen molar-refractivity contribution in [2.24, 2.45) is 5.92 Å². The normalized spacial score (nSPS) is 28.2. The average Bonchev–Trinajstić information content (AvgIpc) is 3.44. The molecule has 7 nitrogen and oxygen atoms in total. The summed E-state index contributed by atoms with van der Waals surface area (Å²) in [5.41, 5.74) is 2.32. The molecule has 176 valence electrons. The van der Waals surface area contributed by atoms with E-state index in [0.717, 1.165) is 77.1 Å². The van der Waals surface area contributed by atoms with Crippen LogP contribution in [0.15, 0.2) is 12.3 Å². The Kier molecular flexibility index (Phi) is 6.67. The zero-order chi connectivity index (χ0) is 22.1. The fourth-order valence-corrected chi connectivity index (χ4v) is 6.84.